The normalized spacial score (nSPS) is 23.8. The lowest BCUT2D eigenvalue weighted by Gasteiger charge is -2.23. The van der Waals surface area contributed by atoms with Gasteiger partial charge in [-0.1, -0.05) is 11.3 Å². The first-order valence-electron chi connectivity index (χ1n) is 6.38. The van der Waals surface area contributed by atoms with Crippen molar-refractivity contribution in [2.45, 2.75) is 32.7 Å². The van der Waals surface area contributed by atoms with E-state index in [1.165, 1.54) is 6.92 Å². The van der Waals surface area contributed by atoms with E-state index in [9.17, 15) is 18.0 Å². The first kappa shape index (κ1) is 15.9. The van der Waals surface area contributed by atoms with Gasteiger partial charge in [0, 0.05) is 6.92 Å². The van der Waals surface area contributed by atoms with Crippen LogP contribution < -0.4 is 10.6 Å². The smallest absolute Gasteiger partial charge is 0.321 e. The molecule has 0 saturated carbocycles. The van der Waals surface area contributed by atoms with Crippen LogP contribution >= 0.6 is 11.3 Å². The maximum absolute atomic E-state index is 11.9. The van der Waals surface area contributed by atoms with E-state index < -0.39 is 21.4 Å². The second-order valence-corrected chi connectivity index (χ2v) is 8.65. The number of thiazole rings is 1. The number of carbonyl (C=O) groups is 2. The van der Waals surface area contributed by atoms with Crippen LogP contribution in [0.15, 0.2) is 0 Å². The zero-order valence-corrected chi connectivity index (χ0v) is 13.7. The molecule has 0 bridgehead atoms. The van der Waals surface area contributed by atoms with Gasteiger partial charge in [0.05, 0.1) is 27.6 Å². The molecule has 0 unspecified atom stereocenters. The highest BCUT2D eigenvalue weighted by atomic mass is 32.2. The zero-order chi connectivity index (χ0) is 15.8. The molecule has 2 amide bonds. The fraction of sp³-hybridized carbons (Fsp3) is 0.583. The summed E-state index contributed by atoms with van der Waals surface area (Å²) in [4.78, 5) is 27.9. The van der Waals surface area contributed by atoms with E-state index in [-0.39, 0.29) is 17.3 Å². The van der Waals surface area contributed by atoms with E-state index in [2.05, 4.69) is 15.6 Å². The van der Waals surface area contributed by atoms with Crippen LogP contribution in [-0.2, 0) is 9.84 Å². The Morgan fingerprint density at radius 3 is 2.52 bits per heavy atom. The van der Waals surface area contributed by atoms with Gasteiger partial charge in [-0.3, -0.25) is 10.1 Å². The minimum atomic E-state index is -3.09. The Morgan fingerprint density at radius 1 is 1.38 bits per heavy atom. The lowest BCUT2D eigenvalue weighted by molar-refractivity contribution is 0.102. The molecule has 0 aromatic carbocycles. The molecule has 1 aromatic rings. The number of ketones is 1. The molecule has 0 radical (unpaired) electrons. The number of urea groups is 1. The molecule has 2 N–H and O–H groups in total. The summed E-state index contributed by atoms with van der Waals surface area (Å²) in [6, 6.07) is -0.515. The van der Waals surface area contributed by atoms with E-state index in [0.29, 0.717) is 22.1 Å². The third-order valence-electron chi connectivity index (χ3n) is 3.26. The number of Topliss-reactive ketones (excluding diaryl/α,β-unsaturated/α-hetero) is 1. The van der Waals surface area contributed by atoms with Crippen molar-refractivity contribution in [3.05, 3.63) is 10.6 Å². The van der Waals surface area contributed by atoms with Crippen molar-refractivity contribution in [1.82, 2.24) is 10.3 Å². The third kappa shape index (κ3) is 3.79. The maximum atomic E-state index is 11.9. The number of carbonyl (C=O) groups excluding carboxylic acids is 2. The Hall–Kier alpha value is -1.48. The van der Waals surface area contributed by atoms with E-state index in [1.54, 1.807) is 13.8 Å². The van der Waals surface area contributed by atoms with Crippen LogP contribution in [0.5, 0.6) is 0 Å². The number of amides is 2. The molecule has 1 saturated heterocycles. The number of hydrogen-bond acceptors (Lipinski definition) is 6. The van der Waals surface area contributed by atoms with Gasteiger partial charge in [0.25, 0.3) is 0 Å². The van der Waals surface area contributed by atoms with Gasteiger partial charge >= 0.3 is 6.03 Å². The number of aromatic nitrogens is 1. The largest absolute Gasteiger partial charge is 0.332 e. The zero-order valence-electron chi connectivity index (χ0n) is 12.0. The fourth-order valence-corrected chi connectivity index (χ4v) is 5.24. The Labute approximate surface area is 127 Å². The van der Waals surface area contributed by atoms with Crippen molar-refractivity contribution >= 4 is 38.1 Å². The van der Waals surface area contributed by atoms with Gasteiger partial charge in [-0.15, -0.1) is 0 Å². The summed E-state index contributed by atoms with van der Waals surface area (Å²) >= 11 is 1.10. The van der Waals surface area contributed by atoms with E-state index in [4.69, 9.17) is 0 Å². The summed E-state index contributed by atoms with van der Waals surface area (Å²) < 4.78 is 23.0. The Kier molecular flexibility index (Phi) is 4.07. The summed E-state index contributed by atoms with van der Waals surface area (Å²) in [7, 11) is -3.09. The van der Waals surface area contributed by atoms with E-state index >= 15 is 0 Å². The van der Waals surface area contributed by atoms with Crippen molar-refractivity contribution in [2.75, 3.05) is 16.8 Å². The van der Waals surface area contributed by atoms with Gasteiger partial charge in [-0.05, 0) is 20.3 Å². The Morgan fingerprint density at radius 2 is 2.05 bits per heavy atom. The average molecular weight is 331 g/mol. The van der Waals surface area contributed by atoms with Crippen LogP contribution in [0.4, 0.5) is 9.93 Å². The molecule has 2 rings (SSSR count). The molecule has 21 heavy (non-hydrogen) atoms. The van der Waals surface area contributed by atoms with Gasteiger partial charge in [0.1, 0.15) is 0 Å². The minimum Gasteiger partial charge on any atom is -0.332 e. The summed E-state index contributed by atoms with van der Waals surface area (Å²) in [5, 5.41) is 5.54. The number of sulfone groups is 1. The van der Waals surface area contributed by atoms with Crippen LogP contribution in [0.25, 0.3) is 0 Å². The quantitative estimate of drug-likeness (QED) is 0.814. The molecule has 0 aliphatic carbocycles. The van der Waals surface area contributed by atoms with Crippen LogP contribution in [-0.4, -0.2) is 42.3 Å². The average Bonchev–Trinajstić information content (AvgIpc) is 2.79. The van der Waals surface area contributed by atoms with Crippen molar-refractivity contribution in [1.29, 1.82) is 0 Å². The van der Waals surface area contributed by atoms with Crippen LogP contribution in [0.1, 0.15) is 35.6 Å². The van der Waals surface area contributed by atoms with Gasteiger partial charge in [-0.25, -0.2) is 18.2 Å². The topological polar surface area (TPSA) is 105 Å². The number of anilines is 1. The number of nitrogens with zero attached hydrogens (tertiary/aromatic N) is 1. The standard InChI is InChI=1S/C12H17N3O4S2/c1-7-9(8(2)16)20-11(13-7)14-10(17)15-12(3)4-5-21(18,19)6-12/h4-6H2,1-3H3,(H2,13,14,15,17)/t12-/m0/s1. The number of rotatable bonds is 3. The molecule has 7 nitrogen and oxygen atoms in total. The predicted octanol–water partition coefficient (Wildman–Crippen LogP) is 1.35. The van der Waals surface area contributed by atoms with Crippen LogP contribution in [0.2, 0.25) is 0 Å². The second kappa shape index (κ2) is 5.38. The Balaban J connectivity index is 2.03. The SMILES string of the molecule is CC(=O)c1sc(NC(=O)N[C@@]2(C)CCS(=O)(=O)C2)nc1C. The molecular weight excluding hydrogens is 314 g/mol. The van der Waals surface area contributed by atoms with Crippen LogP contribution in [0, 0.1) is 6.92 Å². The molecule has 1 fully saturated rings. The minimum absolute atomic E-state index is 0.0665. The predicted molar refractivity (Wildman–Crippen MR) is 80.7 cm³/mol. The maximum Gasteiger partial charge on any atom is 0.321 e. The molecule has 116 valence electrons. The number of nitrogens with one attached hydrogen (secondary N) is 2. The third-order valence-corrected chi connectivity index (χ3v) is 6.33. The van der Waals surface area contributed by atoms with Gasteiger partial charge in [-0.2, -0.15) is 0 Å². The first-order valence-corrected chi connectivity index (χ1v) is 9.02. The molecular formula is C12H17N3O4S2. The second-order valence-electron chi connectivity index (χ2n) is 5.47. The van der Waals surface area contributed by atoms with Gasteiger partial charge in [0.2, 0.25) is 0 Å². The summed E-state index contributed by atoms with van der Waals surface area (Å²) in [6.45, 7) is 4.83. The number of hydrogen-bond donors (Lipinski definition) is 2. The van der Waals surface area contributed by atoms with Crippen molar-refractivity contribution in [3.8, 4) is 0 Å². The molecule has 0 spiro atoms. The molecule has 2 heterocycles. The molecule has 1 aromatic heterocycles. The van der Waals surface area contributed by atoms with Crippen molar-refractivity contribution in [2.24, 2.45) is 0 Å². The highest BCUT2D eigenvalue weighted by Gasteiger charge is 2.39. The number of aryl methyl sites for hydroxylation is 1. The highest BCUT2D eigenvalue weighted by molar-refractivity contribution is 7.91. The molecule has 1 atom stereocenters. The summed E-state index contributed by atoms with van der Waals surface area (Å²) in [6.07, 6.45) is 0.387. The van der Waals surface area contributed by atoms with Gasteiger partial charge in [0.15, 0.2) is 20.8 Å². The van der Waals surface area contributed by atoms with E-state index in [1.807, 2.05) is 0 Å². The molecule has 9 heteroatoms. The lowest BCUT2D eigenvalue weighted by atomic mass is 10.0. The summed E-state index contributed by atoms with van der Waals surface area (Å²) in [5.41, 5.74) is -0.198. The molecule has 1 aliphatic heterocycles. The first-order chi connectivity index (χ1) is 9.60. The molecule has 1 aliphatic rings. The monoisotopic (exact) mass is 331 g/mol. The Bertz CT molecular complexity index is 695. The fourth-order valence-electron chi connectivity index (χ4n) is 2.29. The van der Waals surface area contributed by atoms with E-state index in [0.717, 1.165) is 11.3 Å². The van der Waals surface area contributed by atoms with Crippen molar-refractivity contribution in [3.63, 3.8) is 0 Å². The highest BCUT2D eigenvalue weighted by Crippen LogP contribution is 2.25. The van der Waals surface area contributed by atoms with Crippen LogP contribution in [0.3, 0.4) is 0 Å². The van der Waals surface area contributed by atoms with Crippen molar-refractivity contribution < 1.29 is 18.0 Å². The summed E-state index contributed by atoms with van der Waals surface area (Å²) in [5.74, 6) is -0.0928. The lowest BCUT2D eigenvalue weighted by Crippen LogP contribution is -2.48. The van der Waals surface area contributed by atoms with Gasteiger partial charge < -0.3 is 5.32 Å².